The largest absolute Gasteiger partial charge is 0.480 e. The highest BCUT2D eigenvalue weighted by atomic mass is 16.4. The topological polar surface area (TPSA) is 69.6 Å². The van der Waals surface area contributed by atoms with E-state index in [0.717, 1.165) is 24.9 Å². The summed E-state index contributed by atoms with van der Waals surface area (Å²) in [6.07, 6.45) is 2.23. The van der Waals surface area contributed by atoms with Gasteiger partial charge in [-0.05, 0) is 43.0 Å². The maximum absolute atomic E-state index is 12.7. The Bertz CT molecular complexity index is 556. The predicted molar refractivity (Wildman–Crippen MR) is 73.5 cm³/mol. The van der Waals surface area contributed by atoms with Crippen LogP contribution < -0.4 is 5.32 Å². The van der Waals surface area contributed by atoms with E-state index in [9.17, 15) is 14.7 Å². The smallest absolute Gasteiger partial charge is 0.326 e. The molecule has 20 heavy (non-hydrogen) atoms. The van der Waals surface area contributed by atoms with Crippen molar-refractivity contribution in [2.24, 2.45) is 0 Å². The molecule has 0 radical (unpaired) electrons. The van der Waals surface area contributed by atoms with E-state index in [1.165, 1.54) is 10.5 Å². The Morgan fingerprint density at radius 3 is 3.00 bits per heavy atom. The van der Waals surface area contributed by atoms with Gasteiger partial charge in [-0.1, -0.05) is 12.1 Å². The summed E-state index contributed by atoms with van der Waals surface area (Å²) in [6, 6.07) is 5.08. The summed E-state index contributed by atoms with van der Waals surface area (Å²) in [5.41, 5.74) is 2.88. The molecule has 2 aliphatic heterocycles. The van der Waals surface area contributed by atoms with E-state index in [-0.39, 0.29) is 5.91 Å². The first-order valence-corrected chi connectivity index (χ1v) is 7.04. The molecule has 2 N–H and O–H groups in total. The zero-order valence-electron chi connectivity index (χ0n) is 11.3. The molecule has 5 heteroatoms. The van der Waals surface area contributed by atoms with Crippen LogP contribution in [0, 0.1) is 0 Å². The van der Waals surface area contributed by atoms with Crippen LogP contribution in [0.15, 0.2) is 18.2 Å². The van der Waals surface area contributed by atoms with Crippen molar-refractivity contribution in [3.63, 3.8) is 0 Å². The third-order valence-electron chi connectivity index (χ3n) is 4.18. The Labute approximate surface area is 117 Å². The van der Waals surface area contributed by atoms with Gasteiger partial charge in [0.2, 0.25) is 0 Å². The average molecular weight is 274 g/mol. The third-order valence-corrected chi connectivity index (χ3v) is 4.18. The number of amides is 1. The number of hydrogen-bond acceptors (Lipinski definition) is 3. The van der Waals surface area contributed by atoms with Crippen LogP contribution in [-0.2, 0) is 17.8 Å². The quantitative estimate of drug-likeness (QED) is 0.845. The summed E-state index contributed by atoms with van der Waals surface area (Å²) in [4.78, 5) is 25.4. The normalized spacial score (nSPS) is 21.6. The van der Waals surface area contributed by atoms with Crippen molar-refractivity contribution in [3.05, 3.63) is 34.9 Å². The minimum atomic E-state index is -0.904. The number of nitrogens with zero attached hydrogens (tertiary/aromatic N) is 1. The molecule has 3 rings (SSSR count). The van der Waals surface area contributed by atoms with E-state index >= 15 is 0 Å². The van der Waals surface area contributed by atoms with Crippen LogP contribution in [0.4, 0.5) is 0 Å². The SMILES string of the molecule is O=C(O)C1CCCN1C(=O)c1cccc2c1CNCC2. The first kappa shape index (κ1) is 13.1. The van der Waals surface area contributed by atoms with E-state index in [1.807, 2.05) is 18.2 Å². The molecule has 1 fully saturated rings. The Morgan fingerprint density at radius 2 is 2.20 bits per heavy atom. The number of aliphatic carboxylic acids is 1. The van der Waals surface area contributed by atoms with E-state index < -0.39 is 12.0 Å². The number of fused-ring (bicyclic) bond motifs is 1. The summed E-state index contributed by atoms with van der Waals surface area (Å²) in [5.74, 6) is -1.05. The molecule has 1 saturated heterocycles. The summed E-state index contributed by atoms with van der Waals surface area (Å²) in [7, 11) is 0. The highest BCUT2D eigenvalue weighted by molar-refractivity contribution is 5.98. The molecule has 0 aromatic heterocycles. The van der Waals surface area contributed by atoms with Crippen LogP contribution in [0.1, 0.15) is 34.3 Å². The molecule has 1 unspecified atom stereocenters. The standard InChI is InChI=1S/C15H18N2O3/c18-14(17-8-2-5-13(17)15(19)20)11-4-1-3-10-6-7-16-9-12(10)11/h1,3-4,13,16H,2,5-9H2,(H,19,20). The van der Waals surface area contributed by atoms with Gasteiger partial charge in [-0.3, -0.25) is 4.79 Å². The minimum Gasteiger partial charge on any atom is -0.480 e. The molecule has 1 amide bonds. The van der Waals surface area contributed by atoms with Crippen LogP contribution in [0.2, 0.25) is 0 Å². The lowest BCUT2D eigenvalue weighted by Crippen LogP contribution is -2.41. The Morgan fingerprint density at radius 1 is 1.35 bits per heavy atom. The molecule has 0 saturated carbocycles. The van der Waals surface area contributed by atoms with Crippen molar-refractivity contribution < 1.29 is 14.7 Å². The second-order valence-electron chi connectivity index (χ2n) is 5.36. The van der Waals surface area contributed by atoms with E-state index in [2.05, 4.69) is 5.32 Å². The van der Waals surface area contributed by atoms with Crippen molar-refractivity contribution in [3.8, 4) is 0 Å². The summed E-state index contributed by atoms with van der Waals surface area (Å²) in [6.45, 7) is 2.14. The van der Waals surface area contributed by atoms with Crippen LogP contribution >= 0.6 is 0 Å². The van der Waals surface area contributed by atoms with Gasteiger partial charge in [-0.15, -0.1) is 0 Å². The molecule has 5 nitrogen and oxygen atoms in total. The number of carboxylic acid groups (broad SMARTS) is 1. The van der Waals surface area contributed by atoms with Gasteiger partial charge in [0, 0.05) is 18.7 Å². The van der Waals surface area contributed by atoms with Gasteiger partial charge in [-0.2, -0.15) is 0 Å². The van der Waals surface area contributed by atoms with Crippen LogP contribution in [-0.4, -0.2) is 41.0 Å². The minimum absolute atomic E-state index is 0.143. The molecular weight excluding hydrogens is 256 g/mol. The van der Waals surface area contributed by atoms with Crippen molar-refractivity contribution in [2.45, 2.75) is 31.8 Å². The lowest BCUT2D eigenvalue weighted by molar-refractivity contribution is -0.141. The fourth-order valence-electron chi connectivity index (χ4n) is 3.14. The van der Waals surface area contributed by atoms with Gasteiger partial charge < -0.3 is 15.3 Å². The first-order chi connectivity index (χ1) is 9.68. The molecule has 0 aliphatic carbocycles. The lowest BCUT2D eigenvalue weighted by Gasteiger charge is -2.25. The summed E-state index contributed by atoms with van der Waals surface area (Å²) >= 11 is 0. The molecule has 106 valence electrons. The second kappa shape index (κ2) is 5.25. The number of rotatable bonds is 2. The van der Waals surface area contributed by atoms with Gasteiger partial charge in [0.1, 0.15) is 6.04 Å². The summed E-state index contributed by atoms with van der Waals surface area (Å²) in [5, 5.41) is 12.5. The monoisotopic (exact) mass is 274 g/mol. The Balaban J connectivity index is 1.93. The number of hydrogen-bond donors (Lipinski definition) is 2. The number of likely N-dealkylation sites (tertiary alicyclic amines) is 1. The van der Waals surface area contributed by atoms with Crippen molar-refractivity contribution in [2.75, 3.05) is 13.1 Å². The van der Waals surface area contributed by atoms with Crippen molar-refractivity contribution in [1.29, 1.82) is 0 Å². The number of carbonyl (C=O) groups is 2. The molecular formula is C15H18N2O3. The van der Waals surface area contributed by atoms with Gasteiger partial charge in [0.05, 0.1) is 0 Å². The van der Waals surface area contributed by atoms with Gasteiger partial charge in [0.15, 0.2) is 0 Å². The lowest BCUT2D eigenvalue weighted by atomic mass is 9.95. The number of benzene rings is 1. The molecule has 1 aromatic rings. The van der Waals surface area contributed by atoms with Gasteiger partial charge in [-0.25, -0.2) is 4.79 Å². The second-order valence-corrected chi connectivity index (χ2v) is 5.36. The molecule has 1 aromatic carbocycles. The molecule has 2 heterocycles. The highest BCUT2D eigenvalue weighted by Gasteiger charge is 2.35. The molecule has 0 spiro atoms. The first-order valence-electron chi connectivity index (χ1n) is 7.04. The van der Waals surface area contributed by atoms with Crippen LogP contribution in [0.3, 0.4) is 0 Å². The Hall–Kier alpha value is -1.88. The van der Waals surface area contributed by atoms with E-state index in [1.54, 1.807) is 0 Å². The average Bonchev–Trinajstić information content (AvgIpc) is 2.95. The van der Waals surface area contributed by atoms with E-state index in [0.29, 0.717) is 25.1 Å². The highest BCUT2D eigenvalue weighted by Crippen LogP contribution is 2.24. The maximum atomic E-state index is 12.7. The fourth-order valence-corrected chi connectivity index (χ4v) is 3.14. The number of carbonyl (C=O) groups excluding carboxylic acids is 1. The Kier molecular flexibility index (Phi) is 3.44. The van der Waals surface area contributed by atoms with Crippen LogP contribution in [0.5, 0.6) is 0 Å². The predicted octanol–water partition coefficient (Wildman–Crippen LogP) is 1.02. The fraction of sp³-hybridized carbons (Fsp3) is 0.467. The zero-order chi connectivity index (χ0) is 14.1. The van der Waals surface area contributed by atoms with Crippen LogP contribution in [0.25, 0.3) is 0 Å². The van der Waals surface area contributed by atoms with Crippen molar-refractivity contribution >= 4 is 11.9 Å². The van der Waals surface area contributed by atoms with E-state index in [4.69, 9.17) is 0 Å². The van der Waals surface area contributed by atoms with Crippen molar-refractivity contribution in [1.82, 2.24) is 10.2 Å². The number of nitrogens with one attached hydrogen (secondary N) is 1. The molecule has 2 aliphatic rings. The molecule has 0 bridgehead atoms. The number of carboxylic acids is 1. The summed E-state index contributed by atoms with van der Waals surface area (Å²) < 4.78 is 0. The van der Waals surface area contributed by atoms with Gasteiger partial charge in [0.25, 0.3) is 5.91 Å². The maximum Gasteiger partial charge on any atom is 0.326 e. The zero-order valence-corrected chi connectivity index (χ0v) is 11.3. The molecule has 1 atom stereocenters. The third kappa shape index (κ3) is 2.18. The van der Waals surface area contributed by atoms with Gasteiger partial charge >= 0.3 is 5.97 Å².